The molecule has 2 aliphatic rings. The van der Waals surface area contributed by atoms with Crippen LogP contribution in [-0.4, -0.2) is 41.9 Å². The first-order valence-electron chi connectivity index (χ1n) is 10.4. The van der Waals surface area contributed by atoms with E-state index in [-0.39, 0.29) is 17.7 Å². The standard InChI is InChI=1S/C23H21Cl2FN6O/c24-17-6-29-7-18(25)16(17)8-33-14-1-2-20(27)15(4-14)21(28)13-3-19(26)22(31-5-13)32-11-23(12-32)9-30-10-23/h1-7,28,30H,8-12,27H2. The van der Waals surface area contributed by atoms with Crippen molar-refractivity contribution in [3.8, 4) is 5.75 Å². The highest BCUT2D eigenvalue weighted by atomic mass is 35.5. The highest BCUT2D eigenvalue weighted by Crippen LogP contribution is 2.37. The first-order chi connectivity index (χ1) is 15.8. The van der Waals surface area contributed by atoms with Gasteiger partial charge in [0, 0.05) is 72.6 Å². The van der Waals surface area contributed by atoms with Gasteiger partial charge in [0.2, 0.25) is 0 Å². The average molecular weight is 487 g/mol. The number of pyridine rings is 2. The van der Waals surface area contributed by atoms with Gasteiger partial charge in [0.25, 0.3) is 0 Å². The summed E-state index contributed by atoms with van der Waals surface area (Å²) in [5.74, 6) is 0.338. The largest absolute Gasteiger partial charge is 0.489 e. The summed E-state index contributed by atoms with van der Waals surface area (Å²) in [4.78, 5) is 10.2. The fraction of sp³-hybridized carbons (Fsp3) is 0.261. The van der Waals surface area contributed by atoms with E-state index in [9.17, 15) is 4.39 Å². The smallest absolute Gasteiger partial charge is 0.166 e. The van der Waals surface area contributed by atoms with Crippen molar-refractivity contribution in [1.29, 1.82) is 5.41 Å². The minimum absolute atomic E-state index is 0.0548. The van der Waals surface area contributed by atoms with Crippen molar-refractivity contribution in [3.63, 3.8) is 0 Å². The molecular formula is C23H21Cl2FN6O. The van der Waals surface area contributed by atoms with E-state index in [1.165, 1.54) is 24.7 Å². The number of nitrogen functional groups attached to an aromatic ring is 1. The molecule has 1 spiro atoms. The molecule has 2 fully saturated rings. The number of hydrogen-bond acceptors (Lipinski definition) is 7. The number of hydrogen-bond donors (Lipinski definition) is 3. The molecule has 2 aliphatic heterocycles. The third kappa shape index (κ3) is 4.10. The zero-order valence-corrected chi connectivity index (χ0v) is 19.0. The minimum Gasteiger partial charge on any atom is -0.489 e. The van der Waals surface area contributed by atoms with Gasteiger partial charge in [-0.1, -0.05) is 23.2 Å². The summed E-state index contributed by atoms with van der Waals surface area (Å²) in [6.45, 7) is 3.63. The second-order valence-electron chi connectivity index (χ2n) is 8.48. The zero-order chi connectivity index (χ0) is 23.2. The molecule has 0 bridgehead atoms. The molecule has 0 radical (unpaired) electrons. The second kappa shape index (κ2) is 8.44. The van der Waals surface area contributed by atoms with Crippen molar-refractivity contribution in [3.05, 3.63) is 75.4 Å². The number of benzene rings is 1. The van der Waals surface area contributed by atoms with Crippen molar-refractivity contribution in [1.82, 2.24) is 15.3 Å². The van der Waals surface area contributed by atoms with Crippen LogP contribution in [0.5, 0.6) is 5.75 Å². The molecule has 2 saturated heterocycles. The van der Waals surface area contributed by atoms with E-state index >= 15 is 0 Å². The van der Waals surface area contributed by atoms with Gasteiger partial charge in [0.05, 0.1) is 15.8 Å². The van der Waals surface area contributed by atoms with Crippen LogP contribution in [0.15, 0.2) is 42.9 Å². The van der Waals surface area contributed by atoms with Gasteiger partial charge in [0.15, 0.2) is 11.6 Å². The Labute approximate surface area is 200 Å². The molecule has 5 rings (SSSR count). The van der Waals surface area contributed by atoms with E-state index in [0.717, 1.165) is 26.2 Å². The lowest BCUT2D eigenvalue weighted by atomic mass is 9.74. The van der Waals surface area contributed by atoms with Crippen LogP contribution in [0, 0.1) is 16.6 Å². The first kappa shape index (κ1) is 21.9. The third-order valence-electron chi connectivity index (χ3n) is 6.09. The molecule has 1 aromatic carbocycles. The van der Waals surface area contributed by atoms with Crippen LogP contribution in [0.3, 0.4) is 0 Å². The molecule has 0 saturated carbocycles. The van der Waals surface area contributed by atoms with Crippen molar-refractivity contribution in [2.75, 3.05) is 36.8 Å². The molecule has 4 N–H and O–H groups in total. The molecule has 0 unspecified atom stereocenters. The van der Waals surface area contributed by atoms with Gasteiger partial charge in [-0.05, 0) is 24.3 Å². The van der Waals surface area contributed by atoms with E-state index in [4.69, 9.17) is 39.1 Å². The van der Waals surface area contributed by atoms with Crippen LogP contribution in [0.1, 0.15) is 16.7 Å². The zero-order valence-electron chi connectivity index (χ0n) is 17.5. The second-order valence-corrected chi connectivity index (χ2v) is 9.30. The summed E-state index contributed by atoms with van der Waals surface area (Å²) >= 11 is 12.3. The SMILES string of the molecule is N=C(c1cnc(N2CC3(CNC3)C2)c(F)c1)c1cc(OCc2c(Cl)cncc2Cl)ccc1N. The van der Waals surface area contributed by atoms with Gasteiger partial charge in [0.1, 0.15) is 12.4 Å². The molecule has 33 heavy (non-hydrogen) atoms. The number of rotatable bonds is 6. The predicted octanol–water partition coefficient (Wildman–Crippen LogP) is 3.91. The predicted molar refractivity (Wildman–Crippen MR) is 127 cm³/mol. The van der Waals surface area contributed by atoms with Crippen molar-refractivity contribution >= 4 is 40.4 Å². The van der Waals surface area contributed by atoms with Crippen LogP contribution < -0.4 is 20.7 Å². The molecule has 10 heteroatoms. The average Bonchev–Trinajstić information content (AvgIpc) is 2.73. The fourth-order valence-corrected chi connectivity index (χ4v) is 4.62. The summed E-state index contributed by atoms with van der Waals surface area (Å²) in [5, 5.41) is 12.6. The molecule has 7 nitrogen and oxygen atoms in total. The van der Waals surface area contributed by atoms with E-state index < -0.39 is 5.82 Å². The Balaban J connectivity index is 1.32. The van der Waals surface area contributed by atoms with Crippen LogP contribution in [0.4, 0.5) is 15.9 Å². The lowest BCUT2D eigenvalue weighted by molar-refractivity contribution is 0.119. The molecule has 0 atom stereocenters. The Kier molecular flexibility index (Phi) is 5.60. The molecule has 0 aliphatic carbocycles. The van der Waals surface area contributed by atoms with Crippen LogP contribution >= 0.6 is 23.2 Å². The summed E-state index contributed by atoms with van der Waals surface area (Å²) in [6.07, 6.45) is 4.49. The Morgan fingerprint density at radius 3 is 2.55 bits per heavy atom. The summed E-state index contributed by atoms with van der Waals surface area (Å²) in [7, 11) is 0. The van der Waals surface area contributed by atoms with E-state index in [2.05, 4.69) is 15.3 Å². The normalized spacial score (nSPS) is 16.3. The molecule has 2 aromatic heterocycles. The lowest BCUT2D eigenvalue weighted by Gasteiger charge is -2.56. The highest BCUT2D eigenvalue weighted by molar-refractivity contribution is 6.35. The van der Waals surface area contributed by atoms with Crippen molar-refractivity contribution in [2.24, 2.45) is 5.41 Å². The maximum atomic E-state index is 14.8. The molecule has 0 amide bonds. The summed E-state index contributed by atoms with van der Waals surface area (Å²) in [5.41, 5.74) is 8.15. The van der Waals surface area contributed by atoms with Gasteiger partial charge >= 0.3 is 0 Å². The van der Waals surface area contributed by atoms with Gasteiger partial charge < -0.3 is 20.7 Å². The fourth-order valence-electron chi connectivity index (χ4n) is 4.14. The van der Waals surface area contributed by atoms with Gasteiger partial charge in [-0.25, -0.2) is 9.37 Å². The van der Waals surface area contributed by atoms with E-state index in [0.29, 0.717) is 44.0 Å². The van der Waals surface area contributed by atoms with Crippen molar-refractivity contribution in [2.45, 2.75) is 6.61 Å². The number of ether oxygens (including phenoxy) is 1. The maximum Gasteiger partial charge on any atom is 0.166 e. The number of aromatic nitrogens is 2. The van der Waals surface area contributed by atoms with Crippen LogP contribution in [0.25, 0.3) is 0 Å². The number of nitrogens with one attached hydrogen (secondary N) is 2. The number of nitrogens with zero attached hydrogens (tertiary/aromatic N) is 3. The van der Waals surface area contributed by atoms with Crippen LogP contribution in [-0.2, 0) is 6.61 Å². The quantitative estimate of drug-likeness (QED) is 0.360. The minimum atomic E-state index is -0.452. The molecule has 3 aromatic rings. The van der Waals surface area contributed by atoms with Gasteiger partial charge in [-0.3, -0.25) is 10.4 Å². The van der Waals surface area contributed by atoms with Crippen molar-refractivity contribution < 1.29 is 9.13 Å². The topological polar surface area (TPSA) is 100 Å². The Bertz CT molecular complexity index is 1220. The van der Waals surface area contributed by atoms with Gasteiger partial charge in [-0.15, -0.1) is 0 Å². The molecular weight excluding hydrogens is 466 g/mol. The Hall–Kier alpha value is -2.94. The molecule has 170 valence electrons. The van der Waals surface area contributed by atoms with E-state index in [1.807, 2.05) is 4.90 Å². The van der Waals surface area contributed by atoms with Gasteiger partial charge in [-0.2, -0.15) is 0 Å². The summed E-state index contributed by atoms with van der Waals surface area (Å²) < 4.78 is 20.6. The van der Waals surface area contributed by atoms with Crippen LogP contribution in [0.2, 0.25) is 10.0 Å². The highest BCUT2D eigenvalue weighted by Gasteiger charge is 2.48. The third-order valence-corrected chi connectivity index (χ3v) is 6.74. The first-order valence-corrected chi connectivity index (χ1v) is 11.1. The Morgan fingerprint density at radius 2 is 1.91 bits per heavy atom. The monoisotopic (exact) mass is 486 g/mol. The summed E-state index contributed by atoms with van der Waals surface area (Å²) in [6, 6.07) is 6.29. The number of nitrogens with two attached hydrogens (primary N) is 1. The maximum absolute atomic E-state index is 14.8. The number of anilines is 2. The molecule has 4 heterocycles. The Morgan fingerprint density at radius 1 is 1.18 bits per heavy atom. The van der Waals surface area contributed by atoms with E-state index in [1.54, 1.807) is 18.2 Å². The number of halogens is 3. The lowest BCUT2D eigenvalue weighted by Crippen LogP contribution is -2.71.